The number of amides is 1. The number of carbonyl (C=O) groups is 1. The van der Waals surface area contributed by atoms with E-state index in [-0.39, 0.29) is 17.6 Å². The second-order valence-corrected chi connectivity index (χ2v) is 7.77. The highest BCUT2D eigenvalue weighted by Gasteiger charge is 2.53. The zero-order valence-corrected chi connectivity index (χ0v) is 14.4. The molecule has 2 atom stereocenters. The Balaban J connectivity index is 2.04. The molecule has 1 aliphatic carbocycles. The van der Waals surface area contributed by atoms with Crippen molar-refractivity contribution in [3.05, 3.63) is 33.3 Å². The molecule has 5 heteroatoms. The summed E-state index contributed by atoms with van der Waals surface area (Å²) in [5.41, 5.74) is 0.461. The number of hydrogen-bond donors (Lipinski definition) is 1. The van der Waals surface area contributed by atoms with Crippen LogP contribution in [0.1, 0.15) is 39.7 Å². The van der Waals surface area contributed by atoms with Gasteiger partial charge in [-0.15, -0.1) is 0 Å². The molecule has 1 saturated carbocycles. The number of alkyl carbamates (subject to hydrolysis) is 1. The van der Waals surface area contributed by atoms with Crippen molar-refractivity contribution < 1.29 is 9.53 Å². The molecule has 1 N–H and O–H groups in total. The van der Waals surface area contributed by atoms with Crippen molar-refractivity contribution in [2.24, 2.45) is 0 Å². The SMILES string of the molecule is CC(C)(C)OC(=O)NC1CC1(C)c1ccc(Br)cc1Cl. The lowest BCUT2D eigenvalue weighted by Gasteiger charge is -2.21. The van der Waals surface area contributed by atoms with Crippen molar-refractivity contribution in [2.75, 3.05) is 0 Å². The summed E-state index contributed by atoms with van der Waals surface area (Å²) in [4.78, 5) is 11.8. The largest absolute Gasteiger partial charge is 0.444 e. The molecule has 0 spiro atoms. The van der Waals surface area contributed by atoms with Gasteiger partial charge in [-0.1, -0.05) is 40.5 Å². The topological polar surface area (TPSA) is 38.3 Å². The Morgan fingerprint density at radius 1 is 1.50 bits per heavy atom. The molecule has 0 saturated heterocycles. The fraction of sp³-hybridized carbons (Fsp3) is 0.533. The minimum absolute atomic E-state index is 0.0658. The zero-order valence-electron chi connectivity index (χ0n) is 12.1. The van der Waals surface area contributed by atoms with Crippen LogP contribution in [0.25, 0.3) is 0 Å². The predicted molar refractivity (Wildman–Crippen MR) is 84.3 cm³/mol. The molecule has 1 fully saturated rings. The summed E-state index contributed by atoms with van der Waals surface area (Å²) in [5.74, 6) is 0. The van der Waals surface area contributed by atoms with Crippen molar-refractivity contribution in [1.29, 1.82) is 0 Å². The summed E-state index contributed by atoms with van der Waals surface area (Å²) >= 11 is 9.69. The van der Waals surface area contributed by atoms with Gasteiger partial charge in [0.25, 0.3) is 0 Å². The van der Waals surface area contributed by atoms with E-state index in [9.17, 15) is 4.79 Å². The third-order valence-corrected chi connectivity index (χ3v) is 4.28. The molecule has 3 nitrogen and oxygen atoms in total. The maximum absolute atomic E-state index is 11.8. The molecule has 0 aliphatic heterocycles. The van der Waals surface area contributed by atoms with Crippen molar-refractivity contribution in [1.82, 2.24) is 5.32 Å². The Kier molecular flexibility index (Phi) is 4.09. The van der Waals surface area contributed by atoms with Gasteiger partial charge in [-0.2, -0.15) is 0 Å². The van der Waals surface area contributed by atoms with Crippen molar-refractivity contribution in [2.45, 2.75) is 51.2 Å². The van der Waals surface area contributed by atoms with Crippen molar-refractivity contribution in [3.8, 4) is 0 Å². The van der Waals surface area contributed by atoms with Gasteiger partial charge in [-0.05, 0) is 44.9 Å². The molecule has 2 rings (SSSR count). The van der Waals surface area contributed by atoms with Crippen molar-refractivity contribution in [3.63, 3.8) is 0 Å². The van der Waals surface area contributed by atoms with Crippen LogP contribution in [0.4, 0.5) is 4.79 Å². The summed E-state index contributed by atoms with van der Waals surface area (Å²) in [6.45, 7) is 7.66. The van der Waals surface area contributed by atoms with E-state index in [1.165, 1.54) is 0 Å². The molecule has 1 aromatic carbocycles. The standard InChI is InChI=1S/C15H19BrClNO2/c1-14(2,3)20-13(19)18-12-8-15(12,4)10-6-5-9(16)7-11(10)17/h5-7,12H,8H2,1-4H3,(H,18,19). The molecular formula is C15H19BrClNO2. The van der Waals surface area contributed by atoms with Crippen LogP contribution in [0.3, 0.4) is 0 Å². The predicted octanol–water partition coefficient (Wildman–Crippen LogP) is 4.66. The third-order valence-electron chi connectivity index (χ3n) is 3.47. The monoisotopic (exact) mass is 359 g/mol. The Bertz CT molecular complexity index is 541. The highest BCUT2D eigenvalue weighted by molar-refractivity contribution is 9.10. The molecule has 20 heavy (non-hydrogen) atoms. The first-order valence-electron chi connectivity index (χ1n) is 6.57. The molecule has 1 aliphatic rings. The first-order chi connectivity index (χ1) is 9.12. The lowest BCUT2D eigenvalue weighted by atomic mass is 9.97. The molecule has 0 bridgehead atoms. The average Bonchev–Trinajstić information content (AvgIpc) is 2.86. The van der Waals surface area contributed by atoms with E-state index in [1.807, 2.05) is 39.0 Å². The van der Waals surface area contributed by atoms with E-state index in [4.69, 9.17) is 16.3 Å². The van der Waals surface area contributed by atoms with Gasteiger partial charge in [0.1, 0.15) is 5.60 Å². The molecule has 2 unspecified atom stereocenters. The fourth-order valence-electron chi connectivity index (χ4n) is 2.28. The van der Waals surface area contributed by atoms with Crippen LogP contribution < -0.4 is 5.32 Å². The van der Waals surface area contributed by atoms with Gasteiger partial charge in [0, 0.05) is 21.0 Å². The Labute approximate surface area is 133 Å². The molecular weight excluding hydrogens is 342 g/mol. The molecule has 1 aromatic rings. The first kappa shape index (κ1) is 15.6. The molecule has 0 heterocycles. The van der Waals surface area contributed by atoms with Gasteiger partial charge in [0.15, 0.2) is 0 Å². The van der Waals surface area contributed by atoms with Crippen LogP contribution >= 0.6 is 27.5 Å². The second kappa shape index (κ2) is 5.23. The Morgan fingerprint density at radius 3 is 2.70 bits per heavy atom. The van der Waals surface area contributed by atoms with E-state index in [2.05, 4.69) is 28.2 Å². The highest BCUT2D eigenvalue weighted by Crippen LogP contribution is 2.50. The number of carbonyl (C=O) groups excluding carboxylic acids is 1. The number of benzene rings is 1. The average molecular weight is 361 g/mol. The fourth-order valence-corrected chi connectivity index (χ4v) is 3.16. The Hall–Kier alpha value is -0.740. The quantitative estimate of drug-likeness (QED) is 0.833. The lowest BCUT2D eigenvalue weighted by Crippen LogP contribution is -2.36. The number of nitrogens with one attached hydrogen (secondary N) is 1. The van der Waals surface area contributed by atoms with Crippen LogP contribution in [0, 0.1) is 0 Å². The van der Waals surface area contributed by atoms with Gasteiger partial charge >= 0.3 is 6.09 Å². The summed E-state index contributed by atoms with van der Waals surface area (Å²) in [7, 11) is 0. The smallest absolute Gasteiger partial charge is 0.407 e. The van der Waals surface area contributed by atoms with E-state index in [1.54, 1.807) is 0 Å². The van der Waals surface area contributed by atoms with E-state index in [0.29, 0.717) is 0 Å². The number of halogens is 2. The van der Waals surface area contributed by atoms with E-state index < -0.39 is 5.60 Å². The Morgan fingerprint density at radius 2 is 2.15 bits per heavy atom. The number of rotatable bonds is 2. The normalized spacial score (nSPS) is 25.2. The molecule has 0 radical (unpaired) electrons. The number of ether oxygens (including phenoxy) is 1. The summed E-state index contributed by atoms with van der Waals surface area (Å²) in [5, 5.41) is 3.63. The minimum Gasteiger partial charge on any atom is -0.444 e. The van der Waals surface area contributed by atoms with Crippen LogP contribution in [0.5, 0.6) is 0 Å². The molecule has 110 valence electrons. The van der Waals surface area contributed by atoms with Gasteiger partial charge in [-0.25, -0.2) is 4.79 Å². The van der Waals surface area contributed by atoms with Crippen LogP contribution in [0.2, 0.25) is 5.02 Å². The van der Waals surface area contributed by atoms with Gasteiger partial charge in [0.05, 0.1) is 0 Å². The summed E-state index contributed by atoms with van der Waals surface area (Å²) < 4.78 is 6.23. The maximum Gasteiger partial charge on any atom is 0.407 e. The second-order valence-electron chi connectivity index (χ2n) is 6.44. The van der Waals surface area contributed by atoms with Crippen LogP contribution in [-0.2, 0) is 10.2 Å². The molecule has 0 aromatic heterocycles. The van der Waals surface area contributed by atoms with E-state index in [0.717, 1.165) is 21.5 Å². The van der Waals surface area contributed by atoms with Gasteiger partial charge in [0.2, 0.25) is 0 Å². The molecule has 1 amide bonds. The first-order valence-corrected chi connectivity index (χ1v) is 7.74. The van der Waals surface area contributed by atoms with Crippen molar-refractivity contribution >= 4 is 33.6 Å². The third kappa shape index (κ3) is 3.47. The zero-order chi connectivity index (χ0) is 15.1. The maximum atomic E-state index is 11.8. The van der Waals surface area contributed by atoms with Crippen LogP contribution in [0.15, 0.2) is 22.7 Å². The van der Waals surface area contributed by atoms with Crippen LogP contribution in [-0.4, -0.2) is 17.7 Å². The van der Waals surface area contributed by atoms with Gasteiger partial charge in [-0.3, -0.25) is 0 Å². The van der Waals surface area contributed by atoms with Gasteiger partial charge < -0.3 is 10.1 Å². The summed E-state index contributed by atoms with van der Waals surface area (Å²) in [6, 6.07) is 5.92. The highest BCUT2D eigenvalue weighted by atomic mass is 79.9. The minimum atomic E-state index is -0.482. The number of hydrogen-bond acceptors (Lipinski definition) is 2. The summed E-state index contributed by atoms with van der Waals surface area (Å²) in [6.07, 6.45) is 0.493. The lowest BCUT2D eigenvalue weighted by molar-refractivity contribution is 0.0520. The van der Waals surface area contributed by atoms with E-state index >= 15 is 0 Å².